The van der Waals surface area contributed by atoms with Gasteiger partial charge in [-0.05, 0) is 48.5 Å². The first kappa shape index (κ1) is 21.0. The van der Waals surface area contributed by atoms with Crippen molar-refractivity contribution in [2.45, 2.75) is 40.5 Å². The Kier molecular flexibility index (Phi) is 5.78. The van der Waals surface area contributed by atoms with Crippen molar-refractivity contribution in [1.29, 1.82) is 0 Å². The van der Waals surface area contributed by atoms with Gasteiger partial charge in [0.15, 0.2) is 6.10 Å². The molecule has 0 bridgehead atoms. The number of carbonyl (C=O) groups is 1. The molecule has 1 saturated heterocycles. The lowest BCUT2D eigenvalue weighted by Gasteiger charge is -2.38. The molecule has 0 aromatic heterocycles. The average molecular weight is 438 g/mol. The fourth-order valence-corrected chi connectivity index (χ4v) is 4.00. The van der Waals surface area contributed by atoms with E-state index in [-0.39, 0.29) is 21.3 Å². The van der Waals surface area contributed by atoms with Gasteiger partial charge in [0.2, 0.25) is 16.1 Å². The Bertz CT molecular complexity index is 971. The fraction of sp³-hybridized carbons (Fsp3) is 0.278. The van der Waals surface area contributed by atoms with E-state index in [1.165, 1.54) is 48.5 Å². The second-order valence-corrected chi connectivity index (χ2v) is 8.27. The van der Waals surface area contributed by atoms with E-state index in [4.69, 9.17) is 14.6 Å². The minimum absolute atomic E-state index is 0.0311. The number of phenolic OH excluding ortho intramolecular Hbond substituents is 1. The molecule has 11 heteroatoms. The van der Waals surface area contributed by atoms with Crippen molar-refractivity contribution < 1.29 is 48.2 Å². The molecule has 1 fully saturated rings. The summed E-state index contributed by atoms with van der Waals surface area (Å²) in [4.78, 5) is 11.0. The van der Waals surface area contributed by atoms with E-state index in [0.29, 0.717) is 0 Å². The summed E-state index contributed by atoms with van der Waals surface area (Å²) in [5.41, 5.74) is 0. The number of hydrogen-bond acceptors (Lipinski definition) is 9. The summed E-state index contributed by atoms with van der Waals surface area (Å²) in [5.74, 6) is -1.59. The van der Waals surface area contributed by atoms with E-state index in [0.717, 1.165) is 0 Å². The number of aromatic hydroxyl groups is 1. The Balaban J connectivity index is 1.78. The number of phenols is 1. The first-order valence-electron chi connectivity index (χ1n) is 8.34. The summed E-state index contributed by atoms with van der Waals surface area (Å²) < 4.78 is 35.5. The van der Waals surface area contributed by atoms with Crippen molar-refractivity contribution in [1.82, 2.24) is 0 Å². The summed E-state index contributed by atoms with van der Waals surface area (Å²) in [6.45, 7) is 0. The molecule has 156 valence electrons. The van der Waals surface area contributed by atoms with Crippen LogP contribution in [0.15, 0.2) is 58.3 Å². The second-order valence-electron chi connectivity index (χ2n) is 6.32. The van der Waals surface area contributed by atoms with Gasteiger partial charge in [0.05, 0.1) is 9.79 Å². The minimum atomic E-state index is -3.85. The van der Waals surface area contributed by atoms with Crippen LogP contribution in [0.2, 0.25) is 0 Å². The number of sulfone groups is 1. The fourth-order valence-electron chi connectivity index (χ4n) is 2.74. The van der Waals surface area contributed by atoms with Crippen LogP contribution < -0.4 is 4.74 Å². The van der Waals surface area contributed by atoms with E-state index in [1.54, 1.807) is 0 Å². The highest BCUT2D eigenvalue weighted by Crippen LogP contribution is 2.27. The second kappa shape index (κ2) is 7.97. The smallest absolute Gasteiger partial charge is 0.335 e. The number of aliphatic carboxylic acids is 1. The highest BCUT2D eigenvalue weighted by Gasteiger charge is 2.48. The first-order chi connectivity index (χ1) is 13.6. The molecule has 5 N–H and O–H groups in total. The predicted molar refractivity (Wildman–Crippen MR) is 94.9 cm³/mol. The standard InChI is InChI=1S/C18H18O10S/c19-9-1-5-11(6-2-9)29(25,26)12-7-3-10(4-8-12)27-18-15(22)13(20)14(21)16(28-18)17(23)24/h1-8,13-16,18-22H,(H,23,24)/t13-,14-,15+,16-,18+/m0/s1/i1+1,2+1,3+1,4+1,5+1,6+1,7+1,8+1,9+1,10+1,11+1,12+1. The van der Waals surface area contributed by atoms with Crippen LogP contribution in [0.25, 0.3) is 0 Å². The van der Waals surface area contributed by atoms with Crippen LogP contribution in [0.5, 0.6) is 11.5 Å². The molecule has 2 aromatic rings. The maximum absolute atomic E-state index is 12.6. The highest BCUT2D eigenvalue weighted by molar-refractivity contribution is 7.91. The van der Waals surface area contributed by atoms with Gasteiger partial charge in [-0.15, -0.1) is 0 Å². The van der Waals surface area contributed by atoms with Gasteiger partial charge >= 0.3 is 5.97 Å². The van der Waals surface area contributed by atoms with Crippen LogP contribution in [0.3, 0.4) is 0 Å². The topological polar surface area (TPSA) is 171 Å². The van der Waals surface area contributed by atoms with Crippen LogP contribution in [-0.2, 0) is 19.4 Å². The molecule has 1 aliphatic heterocycles. The number of rotatable bonds is 5. The quantitative estimate of drug-likeness (QED) is 0.410. The predicted octanol–water partition coefficient (Wildman–Crippen LogP) is -0.504. The Hall–Kier alpha value is -2.70. The normalized spacial score (nSPS) is 27.3. The third-order valence-corrected chi connectivity index (χ3v) is 6.13. The molecule has 0 spiro atoms. The molecular weight excluding hydrogens is 420 g/mol. The maximum atomic E-state index is 12.6. The van der Waals surface area contributed by atoms with Crippen molar-refractivity contribution in [2.24, 2.45) is 0 Å². The number of aliphatic hydroxyl groups excluding tert-OH is 3. The van der Waals surface area contributed by atoms with Gasteiger partial charge in [-0.1, -0.05) is 0 Å². The third kappa shape index (κ3) is 4.18. The zero-order valence-electron chi connectivity index (χ0n) is 14.7. The van der Waals surface area contributed by atoms with E-state index in [2.05, 4.69) is 0 Å². The number of ether oxygens (including phenoxy) is 2. The summed E-state index contributed by atoms with van der Waals surface area (Å²) in [6.07, 6.45) is -8.81. The van der Waals surface area contributed by atoms with E-state index in [9.17, 15) is 33.6 Å². The van der Waals surface area contributed by atoms with Gasteiger partial charge in [-0.2, -0.15) is 0 Å². The van der Waals surface area contributed by atoms with Crippen molar-refractivity contribution in [3.63, 3.8) is 0 Å². The summed E-state index contributed by atoms with van der Waals surface area (Å²) in [6, 6.07) is 9.96. The first-order valence-corrected chi connectivity index (χ1v) is 9.83. The van der Waals surface area contributed by atoms with Gasteiger partial charge in [0.25, 0.3) is 0 Å². The monoisotopic (exact) mass is 438 g/mol. The zero-order chi connectivity index (χ0) is 21.3. The van der Waals surface area contributed by atoms with Crippen LogP contribution >= 0.6 is 0 Å². The molecule has 5 atom stereocenters. The molecule has 1 heterocycles. The van der Waals surface area contributed by atoms with Gasteiger partial charge < -0.3 is 35.0 Å². The van der Waals surface area contributed by atoms with Crippen LogP contribution in [0.1, 0.15) is 0 Å². The molecule has 0 amide bonds. The molecule has 1 aliphatic rings. The summed E-state index contributed by atoms with van der Waals surface area (Å²) >= 11 is 0. The molecule has 0 saturated carbocycles. The summed E-state index contributed by atoms with van der Waals surface area (Å²) in [5, 5.41) is 47.7. The lowest BCUT2D eigenvalue weighted by molar-refractivity contribution is -0.271. The molecule has 0 aliphatic carbocycles. The third-order valence-electron chi connectivity index (χ3n) is 4.35. The van der Waals surface area contributed by atoms with Gasteiger partial charge in [-0.3, -0.25) is 0 Å². The summed E-state index contributed by atoms with van der Waals surface area (Å²) in [7, 11) is -3.85. The lowest BCUT2D eigenvalue weighted by atomic mass is 9.99. The zero-order valence-corrected chi connectivity index (χ0v) is 15.5. The van der Waals surface area contributed by atoms with Crippen molar-refractivity contribution >= 4 is 15.8 Å². The molecule has 0 radical (unpaired) electrons. The van der Waals surface area contributed by atoms with Crippen LogP contribution in [0.4, 0.5) is 0 Å². The Morgan fingerprint density at radius 1 is 0.862 bits per heavy atom. The van der Waals surface area contributed by atoms with Crippen LogP contribution in [-0.4, -0.2) is 70.6 Å². The Labute approximate surface area is 165 Å². The van der Waals surface area contributed by atoms with Crippen molar-refractivity contribution in [3.05, 3.63) is 48.5 Å². The molecule has 10 nitrogen and oxygen atoms in total. The number of carboxylic acid groups (broad SMARTS) is 1. The molecule has 0 unspecified atom stereocenters. The van der Waals surface area contributed by atoms with E-state index >= 15 is 0 Å². The Morgan fingerprint density at radius 2 is 1.38 bits per heavy atom. The number of aliphatic hydroxyl groups is 3. The average Bonchev–Trinajstić information content (AvgIpc) is 2.69. The number of benzene rings is 2. The van der Waals surface area contributed by atoms with Gasteiger partial charge in [0.1, 0.15) is 29.8 Å². The molecular formula is C18H18O10S. The van der Waals surface area contributed by atoms with E-state index < -0.39 is 46.5 Å². The minimum Gasteiger partial charge on any atom is -0.508 e. The SMILES string of the molecule is O=C(O)[C@H]1O[C@@H](O[13c]2[13cH][13cH][13c](S(=O)(=O)[13c]3[13cH][13cH][13c](O)[13cH][13cH]3)[13cH][13cH]2)[C@H](O)[C@@H](O)[C@@H]1O. The van der Waals surface area contributed by atoms with E-state index in [1.807, 2.05) is 0 Å². The lowest BCUT2D eigenvalue weighted by Crippen LogP contribution is -2.61. The van der Waals surface area contributed by atoms with Gasteiger partial charge in [0, 0.05) is 0 Å². The molecule has 3 rings (SSSR count). The maximum Gasteiger partial charge on any atom is 0.335 e. The highest BCUT2D eigenvalue weighted by atomic mass is 32.2. The van der Waals surface area contributed by atoms with Crippen LogP contribution in [0, 0.1) is 0 Å². The van der Waals surface area contributed by atoms with Crippen molar-refractivity contribution in [3.8, 4) is 11.5 Å². The number of carboxylic acids is 1. The van der Waals surface area contributed by atoms with Crippen molar-refractivity contribution in [2.75, 3.05) is 0 Å². The Morgan fingerprint density at radius 3 is 1.90 bits per heavy atom. The molecule has 2 aromatic carbocycles. The largest absolute Gasteiger partial charge is 0.508 e. The molecule has 29 heavy (non-hydrogen) atoms. The van der Waals surface area contributed by atoms with Gasteiger partial charge in [-0.25, -0.2) is 13.2 Å². The number of hydrogen-bond donors (Lipinski definition) is 5.